The molecule has 130 valence electrons. The molecule has 2 amide bonds. The van der Waals surface area contributed by atoms with E-state index in [-0.39, 0.29) is 35.6 Å². The van der Waals surface area contributed by atoms with Gasteiger partial charge in [-0.25, -0.2) is 0 Å². The number of nitrogens with one attached hydrogen (secondary N) is 1. The summed E-state index contributed by atoms with van der Waals surface area (Å²) in [5.74, 6) is 0.171. The Morgan fingerprint density at radius 3 is 2.71 bits per heavy atom. The molecule has 2 aliphatic rings. The maximum atomic E-state index is 12.5. The van der Waals surface area contributed by atoms with Crippen molar-refractivity contribution in [1.82, 2.24) is 10.2 Å². The topological polar surface area (TPSA) is 69.6 Å². The van der Waals surface area contributed by atoms with E-state index in [1.807, 2.05) is 13.0 Å². The summed E-state index contributed by atoms with van der Waals surface area (Å²) >= 11 is 0. The van der Waals surface area contributed by atoms with E-state index in [2.05, 4.69) is 26.1 Å². The predicted octanol–water partition coefficient (Wildman–Crippen LogP) is 2.37. The Morgan fingerprint density at radius 1 is 1.38 bits per heavy atom. The average molecular weight is 330 g/mol. The number of benzene rings is 1. The molecule has 1 aliphatic carbocycles. The van der Waals surface area contributed by atoms with Crippen LogP contribution in [0.2, 0.25) is 0 Å². The van der Waals surface area contributed by atoms with Gasteiger partial charge in [-0.3, -0.25) is 9.59 Å². The molecule has 1 atom stereocenters. The Labute approximate surface area is 143 Å². The molecular formula is C19H26N2O3. The van der Waals surface area contributed by atoms with Gasteiger partial charge in [-0.1, -0.05) is 19.9 Å². The molecule has 5 nitrogen and oxygen atoms in total. The Kier molecular flexibility index (Phi) is 4.06. The quantitative estimate of drug-likeness (QED) is 0.894. The molecule has 24 heavy (non-hydrogen) atoms. The minimum absolute atomic E-state index is 0.0470. The molecule has 0 aromatic heterocycles. The first-order valence-corrected chi connectivity index (χ1v) is 8.60. The lowest BCUT2D eigenvalue weighted by Crippen LogP contribution is -2.42. The first kappa shape index (κ1) is 16.8. The number of aromatic hydroxyl groups is 1. The van der Waals surface area contributed by atoms with Gasteiger partial charge in [-0.15, -0.1) is 0 Å². The van der Waals surface area contributed by atoms with Crippen molar-refractivity contribution in [2.45, 2.75) is 53.0 Å². The van der Waals surface area contributed by atoms with Crippen molar-refractivity contribution in [2.24, 2.45) is 5.41 Å². The summed E-state index contributed by atoms with van der Waals surface area (Å²) in [5, 5.41) is 13.6. The summed E-state index contributed by atoms with van der Waals surface area (Å²) in [6, 6.07) is 1.76. The van der Waals surface area contributed by atoms with E-state index in [9.17, 15) is 14.7 Å². The molecule has 0 saturated carbocycles. The molecule has 1 unspecified atom stereocenters. The summed E-state index contributed by atoms with van der Waals surface area (Å²) in [4.78, 5) is 25.8. The number of fused-ring (bicyclic) bond motifs is 1. The molecule has 3 rings (SSSR count). The summed E-state index contributed by atoms with van der Waals surface area (Å²) < 4.78 is 0. The zero-order chi connectivity index (χ0) is 17.6. The minimum Gasteiger partial charge on any atom is -0.507 e. The first-order chi connectivity index (χ1) is 11.2. The van der Waals surface area contributed by atoms with Crippen LogP contribution in [0.4, 0.5) is 0 Å². The van der Waals surface area contributed by atoms with Gasteiger partial charge >= 0.3 is 0 Å². The Bertz CT molecular complexity index is 709. The molecule has 1 aliphatic heterocycles. The minimum atomic E-state index is -0.240. The summed E-state index contributed by atoms with van der Waals surface area (Å²) in [6.07, 6.45) is 2.17. The number of nitrogens with zero attached hydrogens (tertiary/aromatic N) is 1. The zero-order valence-electron chi connectivity index (χ0n) is 14.9. The zero-order valence-corrected chi connectivity index (χ0v) is 14.9. The standard InChI is InChI=1S/C19H26N2O3/c1-11-8-12(2)17(24)16-13(11)9-19(3,4)18(16)20-14(22)10-21-7-5-6-15(21)23/h8,18,24H,5-7,9-10H2,1-4H3,(H,20,22). The second-order valence-electron chi connectivity index (χ2n) is 7.84. The highest BCUT2D eigenvalue weighted by molar-refractivity contribution is 5.86. The number of hydrogen-bond donors (Lipinski definition) is 2. The van der Waals surface area contributed by atoms with E-state index in [1.165, 1.54) is 0 Å². The van der Waals surface area contributed by atoms with Crippen molar-refractivity contribution in [3.05, 3.63) is 28.3 Å². The van der Waals surface area contributed by atoms with Crippen LogP contribution in [0.1, 0.15) is 55.0 Å². The van der Waals surface area contributed by atoms with Gasteiger partial charge < -0.3 is 15.3 Å². The van der Waals surface area contributed by atoms with Gasteiger partial charge in [-0.05, 0) is 48.8 Å². The van der Waals surface area contributed by atoms with Crippen molar-refractivity contribution in [2.75, 3.05) is 13.1 Å². The number of phenolic OH excluding ortho intramolecular Hbond substituents is 1. The van der Waals surface area contributed by atoms with Crippen molar-refractivity contribution in [1.29, 1.82) is 0 Å². The van der Waals surface area contributed by atoms with Gasteiger partial charge in [0.1, 0.15) is 5.75 Å². The number of carbonyl (C=O) groups is 2. The highest BCUT2D eigenvalue weighted by atomic mass is 16.3. The van der Waals surface area contributed by atoms with E-state index >= 15 is 0 Å². The lowest BCUT2D eigenvalue weighted by atomic mass is 9.85. The molecule has 0 spiro atoms. The van der Waals surface area contributed by atoms with Crippen LogP contribution in [-0.4, -0.2) is 34.9 Å². The van der Waals surface area contributed by atoms with E-state index in [1.54, 1.807) is 4.90 Å². The molecule has 5 heteroatoms. The maximum absolute atomic E-state index is 12.5. The van der Waals surface area contributed by atoms with Crippen LogP contribution in [0.15, 0.2) is 6.07 Å². The number of hydrogen-bond acceptors (Lipinski definition) is 3. The molecule has 1 saturated heterocycles. The predicted molar refractivity (Wildman–Crippen MR) is 91.8 cm³/mol. The van der Waals surface area contributed by atoms with Gasteiger partial charge in [0.2, 0.25) is 11.8 Å². The van der Waals surface area contributed by atoms with E-state index in [4.69, 9.17) is 0 Å². The Balaban J connectivity index is 1.86. The molecule has 2 N–H and O–H groups in total. The first-order valence-electron chi connectivity index (χ1n) is 8.60. The normalized spacial score (nSPS) is 21.9. The smallest absolute Gasteiger partial charge is 0.240 e. The lowest BCUT2D eigenvalue weighted by molar-refractivity contribution is -0.133. The maximum Gasteiger partial charge on any atom is 0.240 e. The average Bonchev–Trinajstić information content (AvgIpc) is 2.99. The van der Waals surface area contributed by atoms with Crippen LogP contribution in [0.25, 0.3) is 0 Å². The number of likely N-dealkylation sites (tertiary alicyclic amines) is 1. The van der Waals surface area contributed by atoms with E-state index < -0.39 is 0 Å². The van der Waals surface area contributed by atoms with Crippen LogP contribution in [0.5, 0.6) is 5.75 Å². The fourth-order valence-corrected chi connectivity index (χ4v) is 4.06. The van der Waals surface area contributed by atoms with Crippen molar-refractivity contribution >= 4 is 11.8 Å². The Hall–Kier alpha value is -2.04. The van der Waals surface area contributed by atoms with Crippen molar-refractivity contribution in [3.63, 3.8) is 0 Å². The third-order valence-electron chi connectivity index (χ3n) is 5.38. The summed E-state index contributed by atoms with van der Waals surface area (Å²) in [6.45, 7) is 8.90. The van der Waals surface area contributed by atoms with Gasteiger partial charge in [0, 0.05) is 18.5 Å². The monoisotopic (exact) mass is 330 g/mol. The van der Waals surface area contributed by atoms with Crippen LogP contribution in [-0.2, 0) is 16.0 Å². The van der Waals surface area contributed by atoms with Crippen LogP contribution < -0.4 is 5.32 Å². The Morgan fingerprint density at radius 2 is 2.08 bits per heavy atom. The molecule has 0 radical (unpaired) electrons. The molecule has 0 bridgehead atoms. The van der Waals surface area contributed by atoms with Crippen molar-refractivity contribution < 1.29 is 14.7 Å². The fourth-order valence-electron chi connectivity index (χ4n) is 4.06. The second-order valence-corrected chi connectivity index (χ2v) is 7.84. The second kappa shape index (κ2) is 5.80. The van der Waals surface area contributed by atoms with Gasteiger partial charge in [0.05, 0.1) is 12.6 Å². The molecule has 1 fully saturated rings. The van der Waals surface area contributed by atoms with Crippen LogP contribution >= 0.6 is 0 Å². The van der Waals surface area contributed by atoms with Gasteiger partial charge in [0.15, 0.2) is 0 Å². The van der Waals surface area contributed by atoms with Crippen molar-refractivity contribution in [3.8, 4) is 5.75 Å². The third kappa shape index (κ3) is 2.76. The SMILES string of the molecule is Cc1cc(C)c2c(c1O)C(NC(=O)CN1CCCC1=O)C(C)(C)C2. The summed E-state index contributed by atoms with van der Waals surface area (Å²) in [7, 11) is 0. The number of carbonyl (C=O) groups excluding carboxylic acids is 2. The van der Waals surface area contributed by atoms with E-state index in [0.29, 0.717) is 13.0 Å². The third-order valence-corrected chi connectivity index (χ3v) is 5.38. The highest BCUT2D eigenvalue weighted by Crippen LogP contribution is 2.50. The molecule has 1 aromatic carbocycles. The molecule has 1 heterocycles. The fraction of sp³-hybridized carbons (Fsp3) is 0.579. The lowest BCUT2D eigenvalue weighted by Gasteiger charge is -2.29. The van der Waals surface area contributed by atoms with Gasteiger partial charge in [-0.2, -0.15) is 0 Å². The molecule has 1 aromatic rings. The highest BCUT2D eigenvalue weighted by Gasteiger charge is 2.43. The number of aryl methyl sites for hydroxylation is 2. The number of rotatable bonds is 3. The van der Waals surface area contributed by atoms with Crippen LogP contribution in [0.3, 0.4) is 0 Å². The van der Waals surface area contributed by atoms with Gasteiger partial charge in [0.25, 0.3) is 0 Å². The summed E-state index contributed by atoms with van der Waals surface area (Å²) in [5.41, 5.74) is 3.78. The van der Waals surface area contributed by atoms with E-state index in [0.717, 1.165) is 35.1 Å². The van der Waals surface area contributed by atoms with Crippen LogP contribution in [0, 0.1) is 19.3 Å². The number of amides is 2. The molecular weight excluding hydrogens is 304 g/mol. The number of phenols is 1. The largest absolute Gasteiger partial charge is 0.507 e.